The molecule has 1 fully saturated rings. The van der Waals surface area contributed by atoms with Crippen molar-refractivity contribution < 1.29 is 15.0 Å². The number of hydrogen-bond donors (Lipinski definition) is 3. The maximum Gasteiger partial charge on any atom is 0.332 e. The Morgan fingerprint density at radius 1 is 1.33 bits per heavy atom. The van der Waals surface area contributed by atoms with E-state index in [-0.39, 0.29) is 12.0 Å². The Kier molecular flexibility index (Phi) is 3.05. The lowest BCUT2D eigenvalue weighted by atomic mass is 9.83. The monoisotopic (exact) mass is 173 g/mol. The molecule has 0 aliphatic heterocycles. The van der Waals surface area contributed by atoms with Crippen LogP contribution in [0.1, 0.15) is 25.7 Å². The molecule has 0 aromatic rings. The lowest BCUT2D eigenvalue weighted by Crippen LogP contribution is -2.35. The molecule has 1 saturated carbocycles. The van der Waals surface area contributed by atoms with Crippen molar-refractivity contribution in [2.75, 3.05) is 0 Å². The summed E-state index contributed by atoms with van der Waals surface area (Å²) in [7, 11) is 0. The van der Waals surface area contributed by atoms with Crippen LogP contribution >= 0.6 is 0 Å². The van der Waals surface area contributed by atoms with E-state index in [4.69, 9.17) is 10.8 Å². The molecule has 12 heavy (non-hydrogen) atoms. The van der Waals surface area contributed by atoms with E-state index >= 15 is 0 Å². The van der Waals surface area contributed by atoms with E-state index in [1.54, 1.807) is 0 Å². The van der Waals surface area contributed by atoms with Gasteiger partial charge in [-0.2, -0.15) is 0 Å². The molecule has 0 spiro atoms. The first-order valence-corrected chi connectivity index (χ1v) is 4.27. The summed E-state index contributed by atoms with van der Waals surface area (Å²) in [5.41, 5.74) is 5.64. The molecule has 0 radical (unpaired) electrons. The first-order valence-electron chi connectivity index (χ1n) is 4.27. The lowest BCUT2D eigenvalue weighted by Gasteiger charge is -2.27. The van der Waals surface area contributed by atoms with E-state index in [0.29, 0.717) is 0 Å². The molecule has 0 aromatic carbocycles. The first kappa shape index (κ1) is 9.48. The number of aliphatic carboxylic acids is 1. The second-order valence-electron chi connectivity index (χ2n) is 3.46. The molecule has 1 aliphatic rings. The number of hydrogen-bond acceptors (Lipinski definition) is 3. The first-order chi connectivity index (χ1) is 5.61. The fourth-order valence-corrected chi connectivity index (χ4v) is 1.66. The molecule has 0 saturated heterocycles. The largest absolute Gasteiger partial charge is 0.479 e. The van der Waals surface area contributed by atoms with Gasteiger partial charge in [0, 0.05) is 6.04 Å². The number of nitrogens with two attached hydrogens (primary N) is 1. The molecule has 4 nitrogen and oxygen atoms in total. The van der Waals surface area contributed by atoms with Crippen LogP contribution in [-0.2, 0) is 4.79 Å². The Hall–Kier alpha value is -0.610. The van der Waals surface area contributed by atoms with Crippen molar-refractivity contribution in [1.82, 2.24) is 0 Å². The highest BCUT2D eigenvalue weighted by Crippen LogP contribution is 2.25. The maximum atomic E-state index is 10.4. The van der Waals surface area contributed by atoms with Crippen molar-refractivity contribution in [2.45, 2.75) is 37.8 Å². The summed E-state index contributed by atoms with van der Waals surface area (Å²) in [6.07, 6.45) is 1.92. The summed E-state index contributed by atoms with van der Waals surface area (Å²) >= 11 is 0. The van der Waals surface area contributed by atoms with Crippen LogP contribution in [0.25, 0.3) is 0 Å². The van der Waals surface area contributed by atoms with E-state index in [9.17, 15) is 9.90 Å². The molecular weight excluding hydrogens is 158 g/mol. The highest BCUT2D eigenvalue weighted by molar-refractivity contribution is 5.72. The zero-order chi connectivity index (χ0) is 9.14. The van der Waals surface area contributed by atoms with Crippen LogP contribution < -0.4 is 5.73 Å². The predicted molar refractivity (Wildman–Crippen MR) is 43.6 cm³/mol. The minimum atomic E-state index is -1.20. The normalized spacial score (nSPS) is 32.8. The number of aliphatic hydroxyl groups is 1. The van der Waals surface area contributed by atoms with E-state index in [1.807, 2.05) is 0 Å². The predicted octanol–water partition coefficient (Wildman–Crippen LogP) is -0.0506. The summed E-state index contributed by atoms with van der Waals surface area (Å²) in [4.78, 5) is 10.4. The molecular formula is C8H15NO3. The van der Waals surface area contributed by atoms with Gasteiger partial charge in [-0.05, 0) is 31.6 Å². The van der Waals surface area contributed by atoms with Crippen LogP contribution in [0.2, 0.25) is 0 Å². The fraction of sp³-hybridized carbons (Fsp3) is 0.875. The van der Waals surface area contributed by atoms with Crippen molar-refractivity contribution in [3.63, 3.8) is 0 Å². The van der Waals surface area contributed by atoms with Crippen LogP contribution in [0.4, 0.5) is 0 Å². The van der Waals surface area contributed by atoms with E-state index in [1.165, 1.54) is 0 Å². The molecule has 0 amide bonds. The van der Waals surface area contributed by atoms with Crippen LogP contribution in [-0.4, -0.2) is 28.3 Å². The van der Waals surface area contributed by atoms with Gasteiger partial charge in [0.1, 0.15) is 0 Å². The molecule has 0 unspecified atom stereocenters. The number of carboxylic acid groups (broad SMARTS) is 1. The van der Waals surface area contributed by atoms with Gasteiger partial charge in [0.15, 0.2) is 6.10 Å². The Balaban J connectivity index is 2.39. The lowest BCUT2D eigenvalue weighted by molar-refractivity contribution is -0.150. The zero-order valence-corrected chi connectivity index (χ0v) is 6.94. The number of carboxylic acids is 1. The van der Waals surface area contributed by atoms with Gasteiger partial charge in [-0.25, -0.2) is 4.79 Å². The average molecular weight is 173 g/mol. The molecule has 1 atom stereocenters. The van der Waals surface area contributed by atoms with Gasteiger partial charge >= 0.3 is 5.97 Å². The van der Waals surface area contributed by atoms with Crippen LogP contribution in [0.3, 0.4) is 0 Å². The van der Waals surface area contributed by atoms with Gasteiger partial charge in [-0.3, -0.25) is 0 Å². The molecule has 4 heteroatoms. The molecule has 0 aromatic heterocycles. The third-order valence-corrected chi connectivity index (χ3v) is 2.52. The topological polar surface area (TPSA) is 83.5 Å². The zero-order valence-electron chi connectivity index (χ0n) is 6.94. The second-order valence-corrected chi connectivity index (χ2v) is 3.46. The Morgan fingerprint density at radius 3 is 2.25 bits per heavy atom. The summed E-state index contributed by atoms with van der Waals surface area (Å²) in [5.74, 6) is -1.21. The maximum absolute atomic E-state index is 10.4. The molecule has 1 rings (SSSR count). The summed E-state index contributed by atoms with van der Waals surface area (Å²) in [6, 6.07) is 0.197. The summed E-state index contributed by atoms with van der Waals surface area (Å²) < 4.78 is 0. The van der Waals surface area contributed by atoms with Gasteiger partial charge in [0.25, 0.3) is 0 Å². The fourth-order valence-electron chi connectivity index (χ4n) is 1.66. The molecule has 0 heterocycles. The quantitative estimate of drug-likeness (QED) is 0.546. The molecule has 0 bridgehead atoms. The smallest absolute Gasteiger partial charge is 0.332 e. The third kappa shape index (κ3) is 2.19. The van der Waals surface area contributed by atoms with E-state index in [0.717, 1.165) is 25.7 Å². The molecule has 70 valence electrons. The molecule has 1 aliphatic carbocycles. The number of rotatable bonds is 2. The Labute approximate surface area is 71.4 Å². The van der Waals surface area contributed by atoms with Gasteiger partial charge in [0.05, 0.1) is 0 Å². The van der Waals surface area contributed by atoms with Crippen molar-refractivity contribution >= 4 is 5.97 Å². The van der Waals surface area contributed by atoms with Gasteiger partial charge in [0.2, 0.25) is 0 Å². The van der Waals surface area contributed by atoms with E-state index in [2.05, 4.69) is 0 Å². The number of carbonyl (C=O) groups is 1. The van der Waals surface area contributed by atoms with Crippen LogP contribution in [0.5, 0.6) is 0 Å². The summed E-state index contributed by atoms with van der Waals surface area (Å²) in [5, 5.41) is 17.7. The average Bonchev–Trinajstić information content (AvgIpc) is 2.04. The van der Waals surface area contributed by atoms with E-state index < -0.39 is 12.1 Å². The highest BCUT2D eigenvalue weighted by atomic mass is 16.4. The van der Waals surface area contributed by atoms with Crippen molar-refractivity contribution in [1.29, 1.82) is 0 Å². The second kappa shape index (κ2) is 3.87. The van der Waals surface area contributed by atoms with Crippen molar-refractivity contribution in [3.05, 3.63) is 0 Å². The minimum absolute atomic E-state index is 0.0951. The van der Waals surface area contributed by atoms with Gasteiger partial charge in [-0.15, -0.1) is 0 Å². The highest BCUT2D eigenvalue weighted by Gasteiger charge is 2.28. The molecule has 4 N–H and O–H groups in total. The standard InChI is InChI=1S/C8H15NO3/c9-6-3-1-5(2-4-6)7(10)8(11)12/h5-7,10H,1-4,9H2,(H,11,12)/t5?,6?,7-/m0/s1. The van der Waals surface area contributed by atoms with Crippen LogP contribution in [0, 0.1) is 5.92 Å². The van der Waals surface area contributed by atoms with Gasteiger partial charge in [-0.1, -0.05) is 0 Å². The Morgan fingerprint density at radius 2 is 1.83 bits per heavy atom. The van der Waals surface area contributed by atoms with Crippen LogP contribution in [0.15, 0.2) is 0 Å². The number of aliphatic hydroxyl groups excluding tert-OH is 1. The summed E-state index contributed by atoms with van der Waals surface area (Å²) in [6.45, 7) is 0. The Bertz CT molecular complexity index is 164. The minimum Gasteiger partial charge on any atom is -0.479 e. The van der Waals surface area contributed by atoms with Crippen molar-refractivity contribution in [2.24, 2.45) is 11.7 Å². The third-order valence-electron chi connectivity index (χ3n) is 2.52. The van der Waals surface area contributed by atoms with Crippen molar-refractivity contribution in [3.8, 4) is 0 Å². The SMILES string of the molecule is NC1CCC([C@H](O)C(=O)O)CC1. The van der Waals surface area contributed by atoms with Gasteiger partial charge < -0.3 is 15.9 Å².